The van der Waals surface area contributed by atoms with E-state index in [-0.39, 0.29) is 6.10 Å². The van der Waals surface area contributed by atoms with Crippen LogP contribution in [0.2, 0.25) is 0 Å². The summed E-state index contributed by atoms with van der Waals surface area (Å²) in [5.41, 5.74) is 1.70. The Kier molecular flexibility index (Phi) is 5.71. The van der Waals surface area contributed by atoms with Crippen LogP contribution in [0.4, 0.5) is 0 Å². The number of rotatable bonds is 5. The summed E-state index contributed by atoms with van der Waals surface area (Å²) < 4.78 is 40.5. The Hall–Kier alpha value is -1.52. The molecule has 0 aliphatic carbocycles. The quantitative estimate of drug-likeness (QED) is 0.742. The van der Waals surface area contributed by atoms with Crippen molar-refractivity contribution in [1.82, 2.24) is 18.8 Å². The number of nitrogens with zero attached hydrogens (tertiary/aromatic N) is 4. The summed E-state index contributed by atoms with van der Waals surface area (Å²) in [5, 5.41) is 0. The molecule has 9 heteroatoms. The van der Waals surface area contributed by atoms with Crippen molar-refractivity contribution in [3.05, 3.63) is 24.0 Å². The fourth-order valence-electron chi connectivity index (χ4n) is 3.96. The van der Waals surface area contributed by atoms with Gasteiger partial charge in [0.05, 0.1) is 48.4 Å². The van der Waals surface area contributed by atoms with Crippen molar-refractivity contribution < 1.29 is 17.9 Å². The summed E-state index contributed by atoms with van der Waals surface area (Å²) >= 11 is 0. The molecule has 0 N–H and O–H groups in total. The van der Waals surface area contributed by atoms with Crippen LogP contribution in [0.15, 0.2) is 23.1 Å². The van der Waals surface area contributed by atoms with Gasteiger partial charge in [-0.3, -0.25) is 4.90 Å². The van der Waals surface area contributed by atoms with Crippen molar-refractivity contribution in [1.29, 1.82) is 0 Å². The van der Waals surface area contributed by atoms with Gasteiger partial charge >= 0.3 is 0 Å². The Morgan fingerprint density at radius 1 is 1.18 bits per heavy atom. The second kappa shape index (κ2) is 8.08. The zero-order valence-electron chi connectivity index (χ0n) is 16.5. The maximum atomic E-state index is 13.0. The van der Waals surface area contributed by atoms with E-state index in [2.05, 4.69) is 23.3 Å². The number of hydrogen-bond donors (Lipinski definition) is 0. The first-order valence-corrected chi connectivity index (χ1v) is 11.3. The van der Waals surface area contributed by atoms with Crippen LogP contribution < -0.4 is 0 Å². The molecule has 2 aliphatic rings. The fraction of sp³-hybridized carbons (Fsp3) is 0.632. The van der Waals surface area contributed by atoms with Gasteiger partial charge in [0.2, 0.25) is 10.0 Å². The molecular weight excluding hydrogens is 380 g/mol. The van der Waals surface area contributed by atoms with Crippen LogP contribution in [0.3, 0.4) is 0 Å². The van der Waals surface area contributed by atoms with E-state index >= 15 is 0 Å². The second-order valence-electron chi connectivity index (χ2n) is 7.36. The molecule has 0 saturated carbocycles. The largest absolute Gasteiger partial charge is 0.379 e. The molecule has 28 heavy (non-hydrogen) atoms. The standard InChI is InChI=1S/C19H28N4O4S/c1-3-23-18-5-4-16(28(24,25)22-7-9-26-10-8-22)12-17(18)20-19(23)14-21-6-11-27-15(2)13-21/h4-5,12,15H,3,6-11,13-14H2,1-2H3/t15-/m0/s1. The van der Waals surface area contributed by atoms with Crippen molar-refractivity contribution in [2.24, 2.45) is 0 Å². The lowest BCUT2D eigenvalue weighted by Crippen LogP contribution is -2.41. The maximum Gasteiger partial charge on any atom is 0.243 e. The van der Waals surface area contributed by atoms with Crippen molar-refractivity contribution in [2.45, 2.75) is 37.9 Å². The van der Waals surface area contributed by atoms with E-state index in [1.807, 2.05) is 6.07 Å². The van der Waals surface area contributed by atoms with Crippen LogP contribution >= 0.6 is 0 Å². The van der Waals surface area contributed by atoms with E-state index in [0.29, 0.717) is 31.2 Å². The lowest BCUT2D eigenvalue weighted by molar-refractivity contribution is -0.0222. The summed E-state index contributed by atoms with van der Waals surface area (Å²) in [6.45, 7) is 9.86. The minimum Gasteiger partial charge on any atom is -0.379 e. The van der Waals surface area contributed by atoms with Gasteiger partial charge < -0.3 is 14.0 Å². The van der Waals surface area contributed by atoms with Gasteiger partial charge in [0.1, 0.15) is 5.82 Å². The topological polar surface area (TPSA) is 76.9 Å². The lowest BCUT2D eigenvalue weighted by atomic mass is 10.3. The Balaban J connectivity index is 1.64. The summed E-state index contributed by atoms with van der Waals surface area (Å²) in [6, 6.07) is 5.28. The SMILES string of the molecule is CCn1c(CN2CCO[C@@H](C)C2)nc2cc(S(=O)(=O)N3CCOCC3)ccc21. The second-order valence-corrected chi connectivity index (χ2v) is 9.29. The highest BCUT2D eigenvalue weighted by Crippen LogP contribution is 2.24. The Morgan fingerprint density at radius 3 is 2.68 bits per heavy atom. The van der Waals surface area contributed by atoms with E-state index in [1.165, 1.54) is 4.31 Å². The van der Waals surface area contributed by atoms with Gasteiger partial charge in [-0.1, -0.05) is 0 Å². The molecule has 0 spiro atoms. The number of morpholine rings is 2. The van der Waals surface area contributed by atoms with Gasteiger partial charge in [0.25, 0.3) is 0 Å². The van der Waals surface area contributed by atoms with E-state index < -0.39 is 10.0 Å². The van der Waals surface area contributed by atoms with Crippen molar-refractivity contribution in [3.63, 3.8) is 0 Å². The van der Waals surface area contributed by atoms with Gasteiger partial charge in [-0.05, 0) is 32.0 Å². The molecule has 2 fully saturated rings. The number of benzene rings is 1. The molecule has 2 aliphatic heterocycles. The number of fused-ring (bicyclic) bond motifs is 1. The Morgan fingerprint density at radius 2 is 1.96 bits per heavy atom. The van der Waals surface area contributed by atoms with Gasteiger partial charge in [-0.25, -0.2) is 13.4 Å². The molecule has 154 valence electrons. The molecule has 4 rings (SSSR count). The zero-order chi connectivity index (χ0) is 19.7. The average molecular weight is 409 g/mol. The summed E-state index contributed by atoms with van der Waals surface area (Å²) in [7, 11) is -3.52. The number of aryl methyl sites for hydroxylation is 1. The highest BCUT2D eigenvalue weighted by Gasteiger charge is 2.27. The van der Waals surface area contributed by atoms with Gasteiger partial charge in [0, 0.05) is 32.7 Å². The molecule has 1 aromatic heterocycles. The number of aromatic nitrogens is 2. The molecule has 0 bridgehead atoms. The molecule has 0 radical (unpaired) electrons. The van der Waals surface area contributed by atoms with E-state index in [0.717, 1.165) is 49.6 Å². The molecule has 1 atom stereocenters. The number of sulfonamides is 1. The summed E-state index contributed by atoms with van der Waals surface area (Å²) in [5.74, 6) is 0.965. The predicted octanol–water partition coefficient (Wildman–Crippen LogP) is 1.30. The molecule has 1 aromatic carbocycles. The molecule has 3 heterocycles. The predicted molar refractivity (Wildman–Crippen MR) is 106 cm³/mol. The molecule has 2 saturated heterocycles. The molecule has 8 nitrogen and oxygen atoms in total. The van der Waals surface area contributed by atoms with Crippen LogP contribution in [-0.2, 0) is 32.6 Å². The summed E-state index contributed by atoms with van der Waals surface area (Å²) in [4.78, 5) is 7.44. The van der Waals surface area contributed by atoms with E-state index in [9.17, 15) is 8.42 Å². The van der Waals surface area contributed by atoms with Gasteiger partial charge in [0.15, 0.2) is 0 Å². The van der Waals surface area contributed by atoms with Gasteiger partial charge in [-0.15, -0.1) is 0 Å². The first-order valence-electron chi connectivity index (χ1n) is 9.90. The van der Waals surface area contributed by atoms with Crippen LogP contribution in [0.5, 0.6) is 0 Å². The fourth-order valence-corrected chi connectivity index (χ4v) is 5.39. The monoisotopic (exact) mass is 408 g/mol. The van der Waals surface area contributed by atoms with Crippen molar-refractivity contribution in [2.75, 3.05) is 46.0 Å². The third-order valence-electron chi connectivity index (χ3n) is 5.41. The maximum absolute atomic E-state index is 13.0. The first kappa shape index (κ1) is 19.8. The number of hydrogen-bond acceptors (Lipinski definition) is 6. The Labute approximate surface area is 166 Å². The molecule has 0 unspecified atom stereocenters. The number of ether oxygens (including phenoxy) is 2. The third-order valence-corrected chi connectivity index (χ3v) is 7.31. The molecule has 0 amide bonds. The molecular formula is C19H28N4O4S. The van der Waals surface area contributed by atoms with Gasteiger partial charge in [-0.2, -0.15) is 4.31 Å². The van der Waals surface area contributed by atoms with Crippen LogP contribution in [0.25, 0.3) is 11.0 Å². The van der Waals surface area contributed by atoms with E-state index in [1.54, 1.807) is 12.1 Å². The lowest BCUT2D eigenvalue weighted by Gasteiger charge is -2.30. The van der Waals surface area contributed by atoms with Crippen molar-refractivity contribution >= 4 is 21.1 Å². The smallest absolute Gasteiger partial charge is 0.243 e. The van der Waals surface area contributed by atoms with Crippen LogP contribution in [0, 0.1) is 0 Å². The van der Waals surface area contributed by atoms with Crippen molar-refractivity contribution in [3.8, 4) is 0 Å². The minimum absolute atomic E-state index is 0.221. The Bertz CT molecular complexity index is 937. The summed E-state index contributed by atoms with van der Waals surface area (Å²) in [6.07, 6.45) is 0.221. The average Bonchev–Trinajstić information content (AvgIpc) is 3.04. The highest BCUT2D eigenvalue weighted by atomic mass is 32.2. The first-order chi connectivity index (χ1) is 13.5. The number of imidazole rings is 1. The highest BCUT2D eigenvalue weighted by molar-refractivity contribution is 7.89. The molecule has 2 aromatic rings. The minimum atomic E-state index is -3.52. The van der Waals surface area contributed by atoms with Crippen LogP contribution in [0.1, 0.15) is 19.7 Å². The normalized spacial score (nSPS) is 22.7. The third kappa shape index (κ3) is 3.81. The van der Waals surface area contributed by atoms with E-state index in [4.69, 9.17) is 14.5 Å². The zero-order valence-corrected chi connectivity index (χ0v) is 17.3. The van der Waals surface area contributed by atoms with Crippen LogP contribution in [-0.4, -0.2) is 79.3 Å².